The van der Waals surface area contributed by atoms with Gasteiger partial charge < -0.3 is 5.32 Å². The molecule has 6 heteroatoms. The molecule has 0 saturated carbocycles. The summed E-state index contributed by atoms with van der Waals surface area (Å²) in [5.74, 6) is 0.748. The zero-order valence-electron chi connectivity index (χ0n) is 12.1. The van der Waals surface area contributed by atoms with Gasteiger partial charge >= 0.3 is 0 Å². The molecule has 0 bridgehead atoms. The fraction of sp³-hybridized carbons (Fsp3) is 0.188. The number of hydrogen-bond acceptors (Lipinski definition) is 3. The molecule has 2 heterocycles. The standard InChI is InChI=1S/C16H14Cl2N2S.ClH/c1-9-7-12(10(2)21-9)15-14(18)8-19-16(20-15)11-5-3-4-6-13(11)17;/h3-8,15H,1-2H3,(H,19,20);1H. The molecule has 3 rings (SSSR count). The van der Waals surface area contributed by atoms with Crippen LogP contribution in [0, 0.1) is 13.8 Å². The Morgan fingerprint density at radius 1 is 1.18 bits per heavy atom. The van der Waals surface area contributed by atoms with Gasteiger partial charge in [-0.2, -0.15) is 0 Å². The van der Waals surface area contributed by atoms with E-state index in [-0.39, 0.29) is 18.4 Å². The third-order valence-electron chi connectivity index (χ3n) is 3.37. The summed E-state index contributed by atoms with van der Waals surface area (Å²) in [6.07, 6.45) is 1.80. The molecule has 0 spiro atoms. The Kier molecular flexibility index (Phi) is 5.56. The van der Waals surface area contributed by atoms with Gasteiger partial charge in [-0.05, 0) is 37.6 Å². The molecule has 0 fully saturated rings. The number of nitrogens with zero attached hydrogens (tertiary/aromatic N) is 1. The van der Waals surface area contributed by atoms with Crippen molar-refractivity contribution in [2.45, 2.75) is 19.9 Å². The average molecular weight is 374 g/mol. The smallest absolute Gasteiger partial charge is 0.134 e. The molecule has 1 aliphatic rings. The Morgan fingerprint density at radius 2 is 1.91 bits per heavy atom. The Bertz CT molecular complexity index is 750. The summed E-state index contributed by atoms with van der Waals surface area (Å²) in [7, 11) is 0. The van der Waals surface area contributed by atoms with Gasteiger partial charge in [0.05, 0.1) is 10.1 Å². The zero-order valence-corrected chi connectivity index (χ0v) is 15.2. The first-order valence-corrected chi connectivity index (χ1v) is 8.15. The number of amidine groups is 1. The van der Waals surface area contributed by atoms with E-state index in [1.807, 2.05) is 24.3 Å². The van der Waals surface area contributed by atoms with Gasteiger partial charge in [0.2, 0.25) is 0 Å². The van der Waals surface area contributed by atoms with E-state index < -0.39 is 0 Å². The molecule has 0 amide bonds. The van der Waals surface area contributed by atoms with Gasteiger partial charge in [0.15, 0.2) is 0 Å². The minimum atomic E-state index is -0.163. The van der Waals surface area contributed by atoms with Crippen LogP contribution in [0.1, 0.15) is 26.9 Å². The topological polar surface area (TPSA) is 24.4 Å². The Hall–Kier alpha value is -1.000. The molecule has 2 aromatic rings. The lowest BCUT2D eigenvalue weighted by Gasteiger charge is -2.20. The molecule has 1 aromatic heterocycles. The van der Waals surface area contributed by atoms with Crippen molar-refractivity contribution in [1.82, 2.24) is 5.32 Å². The van der Waals surface area contributed by atoms with Crippen molar-refractivity contribution in [1.29, 1.82) is 0 Å². The van der Waals surface area contributed by atoms with Crippen LogP contribution >= 0.6 is 46.9 Å². The van der Waals surface area contributed by atoms with Crippen LogP contribution in [0.25, 0.3) is 0 Å². The van der Waals surface area contributed by atoms with Crippen LogP contribution < -0.4 is 5.32 Å². The molecule has 116 valence electrons. The molecular formula is C16H15Cl3N2S. The van der Waals surface area contributed by atoms with Gasteiger partial charge in [-0.3, -0.25) is 4.99 Å². The van der Waals surface area contributed by atoms with Gasteiger partial charge in [-0.1, -0.05) is 35.3 Å². The molecular weight excluding hydrogens is 359 g/mol. The molecule has 1 aliphatic heterocycles. The lowest BCUT2D eigenvalue weighted by atomic mass is 10.1. The highest BCUT2D eigenvalue weighted by Crippen LogP contribution is 2.36. The summed E-state index contributed by atoms with van der Waals surface area (Å²) in [5, 5.41) is 4.49. The molecule has 1 atom stereocenters. The second-order valence-corrected chi connectivity index (χ2v) is 7.21. The number of aryl methyl sites for hydroxylation is 2. The number of aliphatic imine (C=N–C) groups is 1. The average Bonchev–Trinajstić information content (AvgIpc) is 2.79. The van der Waals surface area contributed by atoms with Crippen LogP contribution in [-0.2, 0) is 0 Å². The summed E-state index contributed by atoms with van der Waals surface area (Å²) >= 11 is 14.4. The van der Waals surface area contributed by atoms with Crippen molar-refractivity contribution in [3.8, 4) is 0 Å². The van der Waals surface area contributed by atoms with Crippen molar-refractivity contribution >= 4 is 52.8 Å². The van der Waals surface area contributed by atoms with Crippen LogP contribution in [0.3, 0.4) is 0 Å². The van der Waals surface area contributed by atoms with Crippen LogP contribution in [-0.4, -0.2) is 5.84 Å². The van der Waals surface area contributed by atoms with Crippen LogP contribution in [0.2, 0.25) is 5.02 Å². The SMILES string of the molecule is Cc1cc(C2N=C(c3ccccc3Cl)NC=C2Cl)c(C)s1.Cl. The number of thiophene rings is 1. The summed E-state index contributed by atoms with van der Waals surface area (Å²) < 4.78 is 0. The highest BCUT2D eigenvalue weighted by molar-refractivity contribution is 7.12. The zero-order chi connectivity index (χ0) is 15.0. The first kappa shape index (κ1) is 17.4. The molecule has 0 aliphatic carbocycles. The maximum absolute atomic E-state index is 6.35. The fourth-order valence-electron chi connectivity index (χ4n) is 2.38. The fourth-order valence-corrected chi connectivity index (χ4v) is 3.79. The summed E-state index contributed by atoms with van der Waals surface area (Å²) in [6.45, 7) is 4.20. The van der Waals surface area contributed by atoms with E-state index in [0.29, 0.717) is 10.1 Å². The van der Waals surface area contributed by atoms with E-state index in [4.69, 9.17) is 28.2 Å². The minimum absolute atomic E-state index is 0. The molecule has 22 heavy (non-hydrogen) atoms. The van der Waals surface area contributed by atoms with Crippen LogP contribution in [0.5, 0.6) is 0 Å². The lowest BCUT2D eigenvalue weighted by molar-refractivity contribution is 0.852. The number of halogens is 3. The number of rotatable bonds is 2. The minimum Gasteiger partial charge on any atom is -0.345 e. The molecule has 1 unspecified atom stereocenters. The van der Waals surface area contributed by atoms with Gasteiger partial charge in [0.25, 0.3) is 0 Å². The Labute approximate surface area is 150 Å². The molecule has 1 aromatic carbocycles. The van der Waals surface area contributed by atoms with Gasteiger partial charge in [-0.15, -0.1) is 23.7 Å². The predicted molar refractivity (Wildman–Crippen MR) is 98.8 cm³/mol. The largest absolute Gasteiger partial charge is 0.345 e. The lowest BCUT2D eigenvalue weighted by Crippen LogP contribution is -2.25. The maximum atomic E-state index is 6.35. The van der Waals surface area contributed by atoms with E-state index in [1.54, 1.807) is 17.5 Å². The first-order chi connectivity index (χ1) is 10.1. The van der Waals surface area contributed by atoms with Gasteiger partial charge in [-0.25, -0.2) is 0 Å². The summed E-state index contributed by atoms with van der Waals surface area (Å²) in [6, 6.07) is 9.64. The van der Waals surface area contributed by atoms with Crippen molar-refractivity contribution in [3.05, 3.63) is 67.5 Å². The van der Waals surface area contributed by atoms with Crippen molar-refractivity contribution in [2.75, 3.05) is 0 Å². The number of hydrogen-bond donors (Lipinski definition) is 1. The second kappa shape index (κ2) is 7.05. The Balaban J connectivity index is 0.00000176. The molecule has 2 nitrogen and oxygen atoms in total. The van der Waals surface area contributed by atoms with Crippen molar-refractivity contribution < 1.29 is 0 Å². The normalized spacial score (nSPS) is 17.2. The summed E-state index contributed by atoms with van der Waals surface area (Å²) in [5.41, 5.74) is 2.04. The maximum Gasteiger partial charge on any atom is 0.134 e. The van der Waals surface area contributed by atoms with E-state index in [2.05, 4.69) is 25.2 Å². The van der Waals surface area contributed by atoms with Gasteiger partial charge in [0, 0.05) is 21.5 Å². The quantitative estimate of drug-likeness (QED) is 0.726. The van der Waals surface area contributed by atoms with Crippen molar-refractivity contribution in [3.63, 3.8) is 0 Å². The third kappa shape index (κ3) is 3.33. The summed E-state index contributed by atoms with van der Waals surface area (Å²) in [4.78, 5) is 7.27. The van der Waals surface area contributed by atoms with E-state index >= 15 is 0 Å². The number of nitrogens with one attached hydrogen (secondary N) is 1. The first-order valence-electron chi connectivity index (χ1n) is 6.58. The van der Waals surface area contributed by atoms with Crippen LogP contribution in [0.15, 0.2) is 46.6 Å². The Morgan fingerprint density at radius 3 is 2.55 bits per heavy atom. The predicted octanol–water partition coefficient (Wildman–Crippen LogP) is 5.61. The van der Waals surface area contributed by atoms with E-state index in [0.717, 1.165) is 17.0 Å². The monoisotopic (exact) mass is 372 g/mol. The molecule has 0 radical (unpaired) electrons. The highest BCUT2D eigenvalue weighted by atomic mass is 35.5. The molecule has 0 saturated heterocycles. The number of benzene rings is 1. The van der Waals surface area contributed by atoms with Gasteiger partial charge in [0.1, 0.15) is 11.9 Å². The van der Waals surface area contributed by atoms with E-state index in [9.17, 15) is 0 Å². The van der Waals surface area contributed by atoms with E-state index in [1.165, 1.54) is 9.75 Å². The second-order valence-electron chi connectivity index (χ2n) is 4.90. The molecule has 1 N–H and O–H groups in total. The third-order valence-corrected chi connectivity index (χ3v) is 5.00. The highest BCUT2D eigenvalue weighted by Gasteiger charge is 2.23. The van der Waals surface area contributed by atoms with Crippen molar-refractivity contribution in [2.24, 2.45) is 4.99 Å². The van der Waals surface area contributed by atoms with Crippen LogP contribution in [0.4, 0.5) is 0 Å².